The van der Waals surface area contributed by atoms with Crippen molar-refractivity contribution in [1.82, 2.24) is 10.2 Å². The van der Waals surface area contributed by atoms with Gasteiger partial charge < -0.3 is 10.2 Å². The predicted octanol–water partition coefficient (Wildman–Crippen LogP) is 4.53. The van der Waals surface area contributed by atoms with Crippen LogP contribution in [-0.2, 0) is 26.2 Å². The Kier molecular flexibility index (Phi) is 10.6. The summed E-state index contributed by atoms with van der Waals surface area (Å²) in [4.78, 5) is 27.7. The number of amides is 2. The summed E-state index contributed by atoms with van der Waals surface area (Å²) in [7, 11) is -3.55. The molecule has 0 bridgehead atoms. The number of carbonyl (C=O) groups excluding carboxylic acids is 2. The van der Waals surface area contributed by atoms with Gasteiger partial charge in [-0.15, -0.1) is 0 Å². The van der Waals surface area contributed by atoms with Crippen LogP contribution < -0.4 is 9.62 Å². The lowest BCUT2D eigenvalue weighted by Crippen LogP contribution is -2.49. The van der Waals surface area contributed by atoms with Crippen molar-refractivity contribution in [2.24, 2.45) is 0 Å². The number of sulfonamides is 1. The largest absolute Gasteiger partial charge is 0.352 e. The van der Waals surface area contributed by atoms with E-state index in [1.54, 1.807) is 36.1 Å². The average Bonchev–Trinajstić information content (AvgIpc) is 2.80. The number of carbonyl (C=O) groups is 2. The molecule has 0 aliphatic rings. The van der Waals surface area contributed by atoms with Crippen LogP contribution >= 0.6 is 11.6 Å². The molecule has 2 amide bonds. The molecule has 0 aliphatic heterocycles. The third-order valence-electron chi connectivity index (χ3n) is 5.91. The molecule has 2 rings (SSSR count). The maximum atomic E-state index is 13.3. The second kappa shape index (κ2) is 12.9. The zero-order valence-corrected chi connectivity index (χ0v) is 22.7. The highest BCUT2D eigenvalue weighted by Crippen LogP contribution is 2.21. The van der Waals surface area contributed by atoms with Gasteiger partial charge in [-0.25, -0.2) is 8.42 Å². The summed E-state index contributed by atoms with van der Waals surface area (Å²) in [5, 5.41) is 3.46. The van der Waals surface area contributed by atoms with Crippen LogP contribution in [0, 0.1) is 6.92 Å². The first kappa shape index (κ1) is 28.7. The molecule has 0 radical (unpaired) electrons. The van der Waals surface area contributed by atoms with E-state index < -0.39 is 16.1 Å². The summed E-state index contributed by atoms with van der Waals surface area (Å²) in [6, 6.07) is 13.7. The Balaban J connectivity index is 2.15. The highest BCUT2D eigenvalue weighted by Gasteiger charge is 2.27. The van der Waals surface area contributed by atoms with E-state index in [-0.39, 0.29) is 30.8 Å². The second-order valence-electron chi connectivity index (χ2n) is 8.92. The molecule has 9 heteroatoms. The molecule has 2 atom stereocenters. The van der Waals surface area contributed by atoms with Gasteiger partial charge >= 0.3 is 0 Å². The molecule has 1 N–H and O–H groups in total. The van der Waals surface area contributed by atoms with Gasteiger partial charge in [-0.1, -0.05) is 48.4 Å². The lowest BCUT2D eigenvalue weighted by Gasteiger charge is -2.30. The monoisotopic (exact) mass is 521 g/mol. The first-order valence-corrected chi connectivity index (χ1v) is 14.0. The molecule has 0 spiro atoms. The quantitative estimate of drug-likeness (QED) is 0.444. The van der Waals surface area contributed by atoms with Crippen molar-refractivity contribution in [3.05, 3.63) is 64.7 Å². The van der Waals surface area contributed by atoms with Crippen LogP contribution in [0.3, 0.4) is 0 Å². The van der Waals surface area contributed by atoms with Crippen LogP contribution in [-0.4, -0.2) is 50.0 Å². The summed E-state index contributed by atoms with van der Waals surface area (Å²) < 4.78 is 26.0. The maximum Gasteiger partial charge on any atom is 0.242 e. The fraction of sp³-hybridized carbons (Fsp3) is 0.462. The van der Waals surface area contributed by atoms with E-state index >= 15 is 0 Å². The van der Waals surface area contributed by atoms with Gasteiger partial charge in [0.1, 0.15) is 6.04 Å². The minimum Gasteiger partial charge on any atom is -0.352 e. The van der Waals surface area contributed by atoms with Crippen molar-refractivity contribution in [3.8, 4) is 0 Å². The van der Waals surface area contributed by atoms with E-state index in [2.05, 4.69) is 5.32 Å². The zero-order valence-electron chi connectivity index (χ0n) is 21.1. The summed E-state index contributed by atoms with van der Waals surface area (Å²) >= 11 is 5.93. The lowest BCUT2D eigenvalue weighted by atomic mass is 10.1. The zero-order chi connectivity index (χ0) is 26.2. The summed E-state index contributed by atoms with van der Waals surface area (Å²) in [5.41, 5.74) is 2.52. The Morgan fingerprint density at radius 2 is 1.63 bits per heavy atom. The lowest BCUT2D eigenvalue weighted by molar-refractivity contribution is -0.140. The van der Waals surface area contributed by atoms with E-state index in [4.69, 9.17) is 11.6 Å². The second-order valence-corrected chi connectivity index (χ2v) is 11.3. The first-order valence-electron chi connectivity index (χ1n) is 11.8. The van der Waals surface area contributed by atoms with Crippen molar-refractivity contribution >= 4 is 39.1 Å². The molecule has 0 fully saturated rings. The van der Waals surface area contributed by atoms with Crippen molar-refractivity contribution in [3.63, 3.8) is 0 Å². The number of rotatable bonds is 12. The highest BCUT2D eigenvalue weighted by atomic mass is 35.5. The molecule has 35 heavy (non-hydrogen) atoms. The molecule has 2 aromatic carbocycles. The highest BCUT2D eigenvalue weighted by molar-refractivity contribution is 7.92. The van der Waals surface area contributed by atoms with E-state index in [0.29, 0.717) is 23.7 Å². The van der Waals surface area contributed by atoms with Gasteiger partial charge in [0.15, 0.2) is 0 Å². The number of nitrogens with one attached hydrogen (secondary N) is 1. The van der Waals surface area contributed by atoms with Gasteiger partial charge in [-0.05, 0) is 63.4 Å². The molecule has 0 aromatic heterocycles. The van der Waals surface area contributed by atoms with Gasteiger partial charge in [-0.3, -0.25) is 13.9 Å². The summed E-state index contributed by atoms with van der Waals surface area (Å²) in [5.74, 6) is -0.416. The number of benzene rings is 2. The minimum atomic E-state index is -3.55. The van der Waals surface area contributed by atoms with Gasteiger partial charge in [0.25, 0.3) is 0 Å². The van der Waals surface area contributed by atoms with E-state index in [9.17, 15) is 18.0 Å². The fourth-order valence-corrected chi connectivity index (χ4v) is 4.64. The van der Waals surface area contributed by atoms with Crippen LogP contribution in [0.4, 0.5) is 5.69 Å². The molecule has 0 heterocycles. The van der Waals surface area contributed by atoms with Crippen LogP contribution in [0.2, 0.25) is 5.02 Å². The number of aryl methyl sites for hydroxylation is 1. The van der Waals surface area contributed by atoms with E-state index in [0.717, 1.165) is 23.8 Å². The molecular weight excluding hydrogens is 486 g/mol. The van der Waals surface area contributed by atoms with Crippen LogP contribution in [0.15, 0.2) is 48.5 Å². The fourth-order valence-electron chi connectivity index (χ4n) is 3.55. The third-order valence-corrected chi connectivity index (χ3v) is 7.35. The molecule has 7 nitrogen and oxygen atoms in total. The number of hydrogen-bond acceptors (Lipinski definition) is 4. The first-order chi connectivity index (χ1) is 16.4. The SMILES string of the molecule is CC[C@@H](C)NC(=O)[C@H](C)N(Cc1ccc(C)cc1)C(=O)CCCN(c1ccc(Cl)cc1)S(C)(=O)=O. The summed E-state index contributed by atoms with van der Waals surface area (Å²) in [6.07, 6.45) is 2.33. The van der Waals surface area contributed by atoms with E-state index in [1.165, 1.54) is 4.31 Å². The smallest absolute Gasteiger partial charge is 0.242 e. The Labute approximate surface area is 214 Å². The van der Waals surface area contributed by atoms with Crippen molar-refractivity contribution in [2.75, 3.05) is 17.1 Å². The van der Waals surface area contributed by atoms with Gasteiger partial charge in [-0.2, -0.15) is 0 Å². The molecule has 0 saturated carbocycles. The Bertz CT molecular complexity index is 1090. The number of anilines is 1. The van der Waals surface area contributed by atoms with Gasteiger partial charge in [0, 0.05) is 30.6 Å². The van der Waals surface area contributed by atoms with Crippen LogP contribution in [0.25, 0.3) is 0 Å². The number of halogens is 1. The summed E-state index contributed by atoms with van der Waals surface area (Å²) in [6.45, 7) is 8.05. The predicted molar refractivity (Wildman–Crippen MR) is 142 cm³/mol. The average molecular weight is 522 g/mol. The normalized spacial score (nSPS) is 13.1. The Morgan fingerprint density at radius 1 is 1.03 bits per heavy atom. The van der Waals surface area contributed by atoms with Crippen LogP contribution in [0.1, 0.15) is 51.2 Å². The Morgan fingerprint density at radius 3 is 2.17 bits per heavy atom. The van der Waals surface area contributed by atoms with Crippen molar-refractivity contribution in [1.29, 1.82) is 0 Å². The van der Waals surface area contributed by atoms with Gasteiger partial charge in [0.2, 0.25) is 21.8 Å². The van der Waals surface area contributed by atoms with Gasteiger partial charge in [0.05, 0.1) is 11.9 Å². The topological polar surface area (TPSA) is 86.8 Å². The maximum absolute atomic E-state index is 13.3. The number of hydrogen-bond donors (Lipinski definition) is 1. The molecule has 2 aromatic rings. The van der Waals surface area contributed by atoms with Crippen molar-refractivity contribution in [2.45, 2.75) is 65.6 Å². The number of nitrogens with zero attached hydrogens (tertiary/aromatic N) is 2. The molecule has 0 aliphatic carbocycles. The van der Waals surface area contributed by atoms with Crippen LogP contribution in [0.5, 0.6) is 0 Å². The molecule has 0 saturated heterocycles. The third kappa shape index (κ3) is 8.85. The molecule has 0 unspecified atom stereocenters. The minimum absolute atomic E-state index is 0.00368. The Hall–Kier alpha value is -2.58. The standard InChI is InChI=1S/C26H36ClN3O4S/c1-6-20(3)28-26(32)21(4)29(18-22-11-9-19(2)10-12-22)25(31)8-7-17-30(35(5,33)34)24-15-13-23(27)14-16-24/h9-16,20-21H,6-8,17-18H2,1-5H3,(H,28,32)/t20-,21+/m1/s1. The van der Waals surface area contributed by atoms with E-state index in [1.807, 2.05) is 45.0 Å². The molecular formula is C26H36ClN3O4S. The molecule has 192 valence electrons. The van der Waals surface area contributed by atoms with Crippen molar-refractivity contribution < 1.29 is 18.0 Å².